The van der Waals surface area contributed by atoms with Crippen LogP contribution >= 0.6 is 22.6 Å². The van der Waals surface area contributed by atoms with Crippen molar-refractivity contribution >= 4 is 28.5 Å². The molecule has 1 aliphatic rings. The number of carbonyl (C=O) groups is 1. The number of hydrogen-bond donors (Lipinski definition) is 2. The fourth-order valence-electron chi connectivity index (χ4n) is 1.94. The average molecular weight is 319 g/mol. The zero-order chi connectivity index (χ0) is 10.7. The molecule has 2 N–H and O–H groups in total. The second-order valence-corrected chi connectivity index (χ2v) is 4.98. The minimum absolute atomic E-state index is 0.0000463. The van der Waals surface area contributed by atoms with Crippen molar-refractivity contribution in [2.24, 2.45) is 0 Å². The molecule has 0 bridgehead atoms. The fraction of sp³-hybridized carbons (Fsp3) is 0.600. The summed E-state index contributed by atoms with van der Waals surface area (Å²) in [6, 6.07) is 0.358. The Labute approximate surface area is 102 Å². The van der Waals surface area contributed by atoms with Crippen LogP contribution in [-0.2, 0) is 0 Å². The Morgan fingerprint density at radius 1 is 1.47 bits per heavy atom. The minimum Gasteiger partial charge on any atom is -0.349 e. The molecule has 0 aliphatic heterocycles. The lowest BCUT2D eigenvalue weighted by atomic mass is 9.95. The molecule has 0 atom stereocenters. The highest BCUT2D eigenvalue weighted by atomic mass is 127. The average Bonchev–Trinajstić information content (AvgIpc) is 2.66. The Bertz CT molecular complexity index is 344. The third-order valence-corrected chi connectivity index (χ3v) is 3.60. The van der Waals surface area contributed by atoms with Gasteiger partial charge in [0, 0.05) is 6.04 Å². The largest absolute Gasteiger partial charge is 0.349 e. The van der Waals surface area contributed by atoms with Gasteiger partial charge in [-0.1, -0.05) is 19.3 Å². The van der Waals surface area contributed by atoms with Gasteiger partial charge < -0.3 is 5.32 Å². The molecule has 0 unspecified atom stereocenters. The summed E-state index contributed by atoms with van der Waals surface area (Å²) in [6.45, 7) is 0. The molecule has 0 saturated heterocycles. The zero-order valence-electron chi connectivity index (χ0n) is 8.42. The van der Waals surface area contributed by atoms with Gasteiger partial charge in [0.25, 0.3) is 5.91 Å². The first-order valence-corrected chi connectivity index (χ1v) is 6.35. The van der Waals surface area contributed by atoms with E-state index in [2.05, 4.69) is 38.1 Å². The molecule has 2 rings (SSSR count). The summed E-state index contributed by atoms with van der Waals surface area (Å²) in [5.41, 5.74) is 0.654. The normalized spacial score (nSPS) is 17.7. The number of H-pyrrole nitrogens is 1. The van der Waals surface area contributed by atoms with Gasteiger partial charge in [-0.05, 0) is 35.4 Å². The summed E-state index contributed by atoms with van der Waals surface area (Å²) in [7, 11) is 0. The van der Waals surface area contributed by atoms with Crippen molar-refractivity contribution in [2.75, 3.05) is 0 Å². The van der Waals surface area contributed by atoms with Gasteiger partial charge >= 0.3 is 0 Å². The quantitative estimate of drug-likeness (QED) is 0.820. The molecular weight excluding hydrogens is 305 g/mol. The van der Waals surface area contributed by atoms with E-state index in [1.54, 1.807) is 6.20 Å². The SMILES string of the molecule is O=C(NC1CCCCC1)c1cn[nH]c1I. The second kappa shape index (κ2) is 4.96. The van der Waals surface area contributed by atoms with Crippen molar-refractivity contribution in [3.8, 4) is 0 Å². The van der Waals surface area contributed by atoms with E-state index in [9.17, 15) is 4.79 Å². The smallest absolute Gasteiger partial charge is 0.255 e. The van der Waals surface area contributed by atoms with Gasteiger partial charge in [0.2, 0.25) is 0 Å². The summed E-state index contributed by atoms with van der Waals surface area (Å²) < 4.78 is 0.806. The molecule has 15 heavy (non-hydrogen) atoms. The van der Waals surface area contributed by atoms with Crippen LogP contribution in [-0.4, -0.2) is 22.1 Å². The maximum absolute atomic E-state index is 11.8. The standard InChI is InChI=1S/C10H14IN3O/c11-9-8(6-12-14-9)10(15)13-7-4-2-1-3-5-7/h6-7H,1-5H2,(H,12,14)(H,13,15). The number of rotatable bonds is 2. The van der Waals surface area contributed by atoms with Crippen molar-refractivity contribution in [3.63, 3.8) is 0 Å². The van der Waals surface area contributed by atoms with Crippen molar-refractivity contribution < 1.29 is 4.79 Å². The molecule has 1 aromatic heterocycles. The van der Waals surface area contributed by atoms with Crippen molar-refractivity contribution in [2.45, 2.75) is 38.1 Å². The van der Waals surface area contributed by atoms with E-state index < -0.39 is 0 Å². The molecule has 0 aromatic carbocycles. The number of aromatic nitrogens is 2. The predicted octanol–water partition coefficient (Wildman–Crippen LogP) is 2.08. The molecule has 5 heteroatoms. The van der Waals surface area contributed by atoms with Crippen molar-refractivity contribution in [1.82, 2.24) is 15.5 Å². The van der Waals surface area contributed by atoms with Crippen molar-refractivity contribution in [3.05, 3.63) is 15.5 Å². The van der Waals surface area contributed by atoms with Gasteiger partial charge in [-0.3, -0.25) is 9.89 Å². The Hall–Kier alpha value is -0.590. The molecule has 1 aliphatic carbocycles. The summed E-state index contributed by atoms with van der Waals surface area (Å²) in [6.07, 6.45) is 7.57. The zero-order valence-corrected chi connectivity index (χ0v) is 10.6. The first kappa shape index (κ1) is 10.9. The number of nitrogens with zero attached hydrogens (tertiary/aromatic N) is 1. The fourth-order valence-corrected chi connectivity index (χ4v) is 2.46. The van der Waals surface area contributed by atoms with Gasteiger partial charge in [0.05, 0.1) is 11.8 Å². The van der Waals surface area contributed by atoms with E-state index in [1.807, 2.05) is 0 Å². The van der Waals surface area contributed by atoms with Crippen LogP contribution in [0.5, 0.6) is 0 Å². The second-order valence-electron chi connectivity index (χ2n) is 3.91. The molecule has 1 heterocycles. The van der Waals surface area contributed by atoms with Gasteiger partial charge in [-0.25, -0.2) is 0 Å². The van der Waals surface area contributed by atoms with Crippen LogP contribution in [0.25, 0.3) is 0 Å². The highest BCUT2D eigenvalue weighted by molar-refractivity contribution is 14.1. The maximum Gasteiger partial charge on any atom is 0.255 e. The number of aromatic amines is 1. The monoisotopic (exact) mass is 319 g/mol. The van der Waals surface area contributed by atoms with E-state index in [0.717, 1.165) is 16.5 Å². The van der Waals surface area contributed by atoms with Crippen LogP contribution in [0.15, 0.2) is 6.20 Å². The van der Waals surface area contributed by atoms with E-state index in [4.69, 9.17) is 0 Å². The molecule has 4 nitrogen and oxygen atoms in total. The number of hydrogen-bond acceptors (Lipinski definition) is 2. The van der Waals surface area contributed by atoms with E-state index in [1.165, 1.54) is 19.3 Å². The highest BCUT2D eigenvalue weighted by Crippen LogP contribution is 2.18. The van der Waals surface area contributed by atoms with Crippen LogP contribution in [0.3, 0.4) is 0 Å². The lowest BCUT2D eigenvalue weighted by Gasteiger charge is -2.22. The van der Waals surface area contributed by atoms with Crippen LogP contribution in [0, 0.1) is 3.70 Å². The van der Waals surface area contributed by atoms with Gasteiger partial charge in [0.15, 0.2) is 0 Å². The van der Waals surface area contributed by atoms with Gasteiger partial charge in [-0.2, -0.15) is 5.10 Å². The Morgan fingerprint density at radius 2 is 2.20 bits per heavy atom. The van der Waals surface area contributed by atoms with Gasteiger partial charge in [-0.15, -0.1) is 0 Å². The lowest BCUT2D eigenvalue weighted by molar-refractivity contribution is 0.0927. The molecule has 82 valence electrons. The number of nitrogens with one attached hydrogen (secondary N) is 2. The van der Waals surface area contributed by atoms with Crippen LogP contribution in [0.2, 0.25) is 0 Å². The van der Waals surface area contributed by atoms with Crippen LogP contribution in [0.1, 0.15) is 42.5 Å². The Balaban J connectivity index is 1.94. The topological polar surface area (TPSA) is 57.8 Å². The molecule has 1 saturated carbocycles. The van der Waals surface area contributed by atoms with Crippen LogP contribution in [0.4, 0.5) is 0 Å². The highest BCUT2D eigenvalue weighted by Gasteiger charge is 2.18. The predicted molar refractivity (Wildman–Crippen MR) is 65.6 cm³/mol. The summed E-state index contributed by atoms with van der Waals surface area (Å²) in [5, 5.41) is 9.66. The summed E-state index contributed by atoms with van der Waals surface area (Å²) in [4.78, 5) is 11.8. The Kier molecular flexibility index (Phi) is 3.61. The summed E-state index contributed by atoms with van der Waals surface area (Å²) >= 11 is 2.09. The minimum atomic E-state index is 0.0000463. The lowest BCUT2D eigenvalue weighted by Crippen LogP contribution is -2.36. The molecule has 0 radical (unpaired) electrons. The van der Waals surface area contributed by atoms with E-state index in [0.29, 0.717) is 11.6 Å². The van der Waals surface area contributed by atoms with Crippen molar-refractivity contribution in [1.29, 1.82) is 0 Å². The molecule has 1 amide bonds. The number of carbonyl (C=O) groups excluding carboxylic acids is 1. The first-order chi connectivity index (χ1) is 7.27. The van der Waals surface area contributed by atoms with Gasteiger partial charge in [0.1, 0.15) is 3.70 Å². The molecule has 1 aromatic rings. The number of amides is 1. The third-order valence-electron chi connectivity index (χ3n) is 2.78. The van der Waals surface area contributed by atoms with E-state index in [-0.39, 0.29) is 5.91 Å². The summed E-state index contributed by atoms with van der Waals surface area (Å²) in [5.74, 6) is 0.0000463. The molecule has 1 fully saturated rings. The number of halogens is 1. The first-order valence-electron chi connectivity index (χ1n) is 5.27. The van der Waals surface area contributed by atoms with Crippen LogP contribution < -0.4 is 5.32 Å². The molecule has 0 spiro atoms. The Morgan fingerprint density at radius 3 is 2.80 bits per heavy atom. The third kappa shape index (κ3) is 2.70. The van der Waals surface area contributed by atoms with E-state index >= 15 is 0 Å². The molecular formula is C10H14IN3O. The maximum atomic E-state index is 11.8.